The SMILES string of the molecule is O=C(Nc1ccc(Br)cn1)C1CC2CCCCC2N1. The third kappa shape index (κ3) is 2.98. The molecule has 0 aromatic carbocycles. The molecule has 2 heterocycles. The summed E-state index contributed by atoms with van der Waals surface area (Å²) in [7, 11) is 0. The van der Waals surface area contributed by atoms with Crippen LogP contribution in [-0.4, -0.2) is 23.0 Å². The number of carbonyl (C=O) groups is 1. The molecule has 102 valence electrons. The Kier molecular flexibility index (Phi) is 3.84. The molecule has 0 spiro atoms. The number of carbonyl (C=O) groups excluding carboxylic acids is 1. The molecule has 19 heavy (non-hydrogen) atoms. The van der Waals surface area contributed by atoms with E-state index in [1.807, 2.05) is 12.1 Å². The van der Waals surface area contributed by atoms with Crippen molar-refractivity contribution in [2.45, 2.75) is 44.2 Å². The van der Waals surface area contributed by atoms with E-state index in [4.69, 9.17) is 0 Å². The van der Waals surface area contributed by atoms with E-state index in [0.29, 0.717) is 17.8 Å². The van der Waals surface area contributed by atoms with E-state index in [1.54, 1.807) is 6.20 Å². The maximum atomic E-state index is 12.2. The van der Waals surface area contributed by atoms with Crippen LogP contribution in [0.5, 0.6) is 0 Å². The summed E-state index contributed by atoms with van der Waals surface area (Å²) in [6.45, 7) is 0. The Morgan fingerprint density at radius 3 is 2.95 bits per heavy atom. The molecule has 1 aromatic rings. The predicted octanol–water partition coefficient (Wildman–Crippen LogP) is 2.70. The maximum absolute atomic E-state index is 12.2. The number of hydrogen-bond donors (Lipinski definition) is 2. The topological polar surface area (TPSA) is 54.0 Å². The molecule has 1 amide bonds. The first kappa shape index (κ1) is 13.1. The Hall–Kier alpha value is -0.940. The van der Waals surface area contributed by atoms with Gasteiger partial charge in [0.1, 0.15) is 5.82 Å². The number of halogens is 1. The van der Waals surface area contributed by atoms with E-state index in [1.165, 1.54) is 25.7 Å². The van der Waals surface area contributed by atoms with Crippen molar-refractivity contribution in [2.75, 3.05) is 5.32 Å². The maximum Gasteiger partial charge on any atom is 0.242 e. The third-order valence-electron chi connectivity index (χ3n) is 4.16. The molecular weight excluding hydrogens is 306 g/mol. The molecule has 1 aromatic heterocycles. The average molecular weight is 324 g/mol. The lowest BCUT2D eigenvalue weighted by Gasteiger charge is -2.24. The zero-order chi connectivity index (χ0) is 13.2. The molecule has 5 heteroatoms. The molecule has 3 unspecified atom stereocenters. The lowest BCUT2D eigenvalue weighted by molar-refractivity contribution is -0.117. The zero-order valence-corrected chi connectivity index (χ0v) is 12.3. The van der Waals surface area contributed by atoms with Crippen LogP contribution in [0.3, 0.4) is 0 Å². The lowest BCUT2D eigenvalue weighted by atomic mass is 9.85. The Labute approximate surface area is 121 Å². The molecule has 2 fully saturated rings. The van der Waals surface area contributed by atoms with Crippen LogP contribution in [0, 0.1) is 5.92 Å². The minimum absolute atomic E-state index is 0.0456. The van der Waals surface area contributed by atoms with E-state index in [0.717, 1.165) is 10.9 Å². The van der Waals surface area contributed by atoms with Crippen molar-refractivity contribution in [1.29, 1.82) is 0 Å². The van der Waals surface area contributed by atoms with Gasteiger partial charge in [-0.3, -0.25) is 4.79 Å². The molecule has 1 saturated carbocycles. The van der Waals surface area contributed by atoms with E-state index in [9.17, 15) is 4.79 Å². The second kappa shape index (κ2) is 5.59. The van der Waals surface area contributed by atoms with Gasteiger partial charge >= 0.3 is 0 Å². The number of rotatable bonds is 2. The lowest BCUT2D eigenvalue weighted by Crippen LogP contribution is -2.40. The molecule has 3 atom stereocenters. The summed E-state index contributed by atoms with van der Waals surface area (Å²) < 4.78 is 0.913. The van der Waals surface area contributed by atoms with Crippen molar-refractivity contribution in [3.05, 3.63) is 22.8 Å². The first-order chi connectivity index (χ1) is 9.22. The van der Waals surface area contributed by atoms with Gasteiger partial charge < -0.3 is 10.6 Å². The summed E-state index contributed by atoms with van der Waals surface area (Å²) in [6.07, 6.45) is 7.73. The molecule has 1 aliphatic carbocycles. The van der Waals surface area contributed by atoms with Crippen LogP contribution < -0.4 is 10.6 Å². The van der Waals surface area contributed by atoms with E-state index in [-0.39, 0.29) is 11.9 Å². The highest BCUT2D eigenvalue weighted by molar-refractivity contribution is 9.10. The zero-order valence-electron chi connectivity index (χ0n) is 10.7. The van der Waals surface area contributed by atoms with Crippen LogP contribution in [0.4, 0.5) is 5.82 Å². The van der Waals surface area contributed by atoms with E-state index >= 15 is 0 Å². The van der Waals surface area contributed by atoms with Gasteiger partial charge in [0.15, 0.2) is 0 Å². The van der Waals surface area contributed by atoms with Gasteiger partial charge in [0.05, 0.1) is 6.04 Å². The molecule has 1 saturated heterocycles. The summed E-state index contributed by atoms with van der Waals surface area (Å²) in [5.74, 6) is 1.34. The number of aromatic nitrogens is 1. The van der Waals surface area contributed by atoms with Crippen molar-refractivity contribution in [1.82, 2.24) is 10.3 Å². The van der Waals surface area contributed by atoms with Gasteiger partial charge in [-0.25, -0.2) is 4.98 Å². The minimum atomic E-state index is -0.0569. The minimum Gasteiger partial charge on any atom is -0.309 e. The number of amides is 1. The molecule has 4 nitrogen and oxygen atoms in total. The Morgan fingerprint density at radius 2 is 2.21 bits per heavy atom. The summed E-state index contributed by atoms with van der Waals surface area (Å²) in [5, 5.41) is 6.36. The average Bonchev–Trinajstić information content (AvgIpc) is 2.85. The van der Waals surface area contributed by atoms with Crippen LogP contribution in [0.1, 0.15) is 32.1 Å². The van der Waals surface area contributed by atoms with Gasteiger partial charge in [-0.05, 0) is 53.2 Å². The summed E-state index contributed by atoms with van der Waals surface area (Å²) in [6, 6.07) is 4.18. The Bertz CT molecular complexity index is 448. The third-order valence-corrected chi connectivity index (χ3v) is 4.63. The quantitative estimate of drug-likeness (QED) is 0.879. The van der Waals surface area contributed by atoms with Crippen molar-refractivity contribution < 1.29 is 4.79 Å². The van der Waals surface area contributed by atoms with Crippen molar-refractivity contribution >= 4 is 27.7 Å². The standard InChI is InChI=1S/C14H18BrN3O/c15-10-5-6-13(16-8-10)18-14(19)12-7-9-3-1-2-4-11(9)17-12/h5-6,8-9,11-12,17H,1-4,7H2,(H,16,18,19). The van der Waals surface area contributed by atoms with Crippen LogP contribution in [0.2, 0.25) is 0 Å². The number of nitrogens with zero attached hydrogens (tertiary/aromatic N) is 1. The fourth-order valence-corrected chi connectivity index (χ4v) is 3.42. The molecule has 3 rings (SSSR count). The number of anilines is 1. The van der Waals surface area contributed by atoms with Crippen molar-refractivity contribution in [3.8, 4) is 0 Å². The Morgan fingerprint density at radius 1 is 1.37 bits per heavy atom. The predicted molar refractivity (Wildman–Crippen MR) is 77.9 cm³/mol. The smallest absolute Gasteiger partial charge is 0.242 e. The van der Waals surface area contributed by atoms with Gasteiger partial charge in [0.2, 0.25) is 5.91 Å². The van der Waals surface area contributed by atoms with Gasteiger partial charge in [0, 0.05) is 16.7 Å². The van der Waals surface area contributed by atoms with Gasteiger partial charge in [-0.15, -0.1) is 0 Å². The van der Waals surface area contributed by atoms with Crippen LogP contribution in [0.25, 0.3) is 0 Å². The number of pyridine rings is 1. The highest BCUT2D eigenvalue weighted by atomic mass is 79.9. The number of fused-ring (bicyclic) bond motifs is 1. The highest BCUT2D eigenvalue weighted by Gasteiger charge is 2.38. The normalized spacial score (nSPS) is 29.8. The summed E-state index contributed by atoms with van der Waals surface area (Å²) >= 11 is 3.33. The molecule has 1 aliphatic heterocycles. The second-order valence-corrected chi connectivity index (χ2v) is 6.37. The van der Waals surface area contributed by atoms with Crippen LogP contribution in [-0.2, 0) is 4.79 Å². The fourth-order valence-electron chi connectivity index (χ4n) is 3.18. The fraction of sp³-hybridized carbons (Fsp3) is 0.571. The largest absolute Gasteiger partial charge is 0.309 e. The molecule has 0 radical (unpaired) electrons. The monoisotopic (exact) mass is 323 g/mol. The molecule has 2 aliphatic rings. The first-order valence-electron chi connectivity index (χ1n) is 6.91. The van der Waals surface area contributed by atoms with Gasteiger partial charge in [-0.2, -0.15) is 0 Å². The molecule has 0 bridgehead atoms. The van der Waals surface area contributed by atoms with Gasteiger partial charge in [-0.1, -0.05) is 12.8 Å². The van der Waals surface area contributed by atoms with Crippen molar-refractivity contribution in [2.24, 2.45) is 5.92 Å². The Balaban J connectivity index is 1.60. The summed E-state index contributed by atoms with van der Waals surface area (Å²) in [4.78, 5) is 16.4. The first-order valence-corrected chi connectivity index (χ1v) is 7.70. The van der Waals surface area contributed by atoms with E-state index < -0.39 is 0 Å². The van der Waals surface area contributed by atoms with Crippen LogP contribution in [0.15, 0.2) is 22.8 Å². The summed E-state index contributed by atoms with van der Waals surface area (Å²) in [5.41, 5.74) is 0. The van der Waals surface area contributed by atoms with Crippen molar-refractivity contribution in [3.63, 3.8) is 0 Å². The highest BCUT2D eigenvalue weighted by Crippen LogP contribution is 2.33. The van der Waals surface area contributed by atoms with E-state index in [2.05, 4.69) is 31.5 Å². The number of nitrogens with one attached hydrogen (secondary N) is 2. The van der Waals surface area contributed by atoms with Gasteiger partial charge in [0.25, 0.3) is 0 Å². The number of hydrogen-bond acceptors (Lipinski definition) is 3. The molecule has 2 N–H and O–H groups in total. The van der Waals surface area contributed by atoms with Crippen LogP contribution >= 0.6 is 15.9 Å². The molecular formula is C14H18BrN3O. The second-order valence-electron chi connectivity index (χ2n) is 5.46.